The van der Waals surface area contributed by atoms with E-state index in [4.69, 9.17) is 9.47 Å². The molecule has 8 heteroatoms. The summed E-state index contributed by atoms with van der Waals surface area (Å²) in [5.74, 6) is 0.297. The topological polar surface area (TPSA) is 97.0 Å². The lowest BCUT2D eigenvalue weighted by Crippen LogP contribution is -2.52. The van der Waals surface area contributed by atoms with Gasteiger partial charge in [0.15, 0.2) is 0 Å². The van der Waals surface area contributed by atoms with E-state index in [9.17, 15) is 14.4 Å². The van der Waals surface area contributed by atoms with Crippen LogP contribution < -0.4 is 15.4 Å². The molecule has 3 amide bonds. The van der Waals surface area contributed by atoms with Crippen molar-refractivity contribution in [2.75, 3.05) is 26.3 Å². The van der Waals surface area contributed by atoms with E-state index in [-0.39, 0.29) is 36.8 Å². The van der Waals surface area contributed by atoms with Gasteiger partial charge in [-0.05, 0) is 25.0 Å². The predicted molar refractivity (Wildman–Crippen MR) is 104 cm³/mol. The van der Waals surface area contributed by atoms with Crippen LogP contribution in [0.5, 0.6) is 5.75 Å². The molecule has 1 fully saturated rings. The minimum Gasteiger partial charge on any atom is -0.492 e. The Kier molecular flexibility index (Phi) is 8.10. The van der Waals surface area contributed by atoms with Crippen molar-refractivity contribution in [1.82, 2.24) is 15.5 Å². The minimum atomic E-state index is -0.718. The van der Waals surface area contributed by atoms with Crippen molar-refractivity contribution in [3.63, 3.8) is 0 Å². The third-order valence-electron chi connectivity index (χ3n) is 4.43. The first-order valence-corrected chi connectivity index (χ1v) is 9.60. The number of alkyl carbamates (subject to hydrolysis) is 1. The standard InChI is InChI=1S/C20H29N3O5/c1-4-27-20(26)22-18(14(2)3)19(25)21-15-12-17(24)23(13-15)10-11-28-16-8-6-5-7-9-16/h5-9,14-15,18H,4,10-13H2,1-3H3,(H,21,25)(H,22,26)/t15-,18+/m0/s1. The zero-order valence-electron chi connectivity index (χ0n) is 16.6. The number of nitrogens with zero attached hydrogens (tertiary/aromatic N) is 1. The summed E-state index contributed by atoms with van der Waals surface area (Å²) in [5, 5.41) is 5.44. The number of rotatable bonds is 9. The van der Waals surface area contributed by atoms with Crippen LogP contribution in [-0.2, 0) is 14.3 Å². The molecule has 1 aromatic carbocycles. The van der Waals surface area contributed by atoms with Gasteiger partial charge < -0.3 is 25.0 Å². The number of likely N-dealkylation sites (tertiary alicyclic amines) is 1. The fourth-order valence-corrected chi connectivity index (χ4v) is 3.00. The van der Waals surface area contributed by atoms with Crippen molar-refractivity contribution < 1.29 is 23.9 Å². The van der Waals surface area contributed by atoms with Crippen molar-refractivity contribution in [3.8, 4) is 5.75 Å². The molecule has 0 saturated carbocycles. The zero-order valence-corrected chi connectivity index (χ0v) is 16.6. The highest BCUT2D eigenvalue weighted by molar-refractivity contribution is 5.87. The van der Waals surface area contributed by atoms with Crippen molar-refractivity contribution in [2.24, 2.45) is 5.92 Å². The molecule has 2 atom stereocenters. The van der Waals surface area contributed by atoms with Crippen LogP contribution in [0.25, 0.3) is 0 Å². The number of nitrogens with one attached hydrogen (secondary N) is 2. The first-order valence-electron chi connectivity index (χ1n) is 9.60. The maximum atomic E-state index is 12.6. The highest BCUT2D eigenvalue weighted by Gasteiger charge is 2.33. The van der Waals surface area contributed by atoms with Crippen molar-refractivity contribution in [2.45, 2.75) is 39.3 Å². The maximum Gasteiger partial charge on any atom is 0.407 e. The third-order valence-corrected chi connectivity index (χ3v) is 4.43. The van der Waals surface area contributed by atoms with E-state index in [1.165, 1.54) is 0 Å². The van der Waals surface area contributed by atoms with E-state index in [0.29, 0.717) is 19.7 Å². The summed E-state index contributed by atoms with van der Waals surface area (Å²) < 4.78 is 10.5. The summed E-state index contributed by atoms with van der Waals surface area (Å²) in [5.41, 5.74) is 0. The molecule has 0 aliphatic carbocycles. The molecule has 0 radical (unpaired) electrons. The van der Waals surface area contributed by atoms with E-state index in [1.54, 1.807) is 11.8 Å². The fourth-order valence-electron chi connectivity index (χ4n) is 3.00. The van der Waals surface area contributed by atoms with Gasteiger partial charge in [-0.1, -0.05) is 32.0 Å². The molecule has 28 heavy (non-hydrogen) atoms. The fraction of sp³-hybridized carbons (Fsp3) is 0.550. The maximum absolute atomic E-state index is 12.6. The van der Waals surface area contributed by atoms with Crippen LogP contribution in [0.4, 0.5) is 4.79 Å². The molecule has 0 bridgehead atoms. The van der Waals surface area contributed by atoms with Gasteiger partial charge in [-0.15, -0.1) is 0 Å². The number of amides is 3. The van der Waals surface area contributed by atoms with Gasteiger partial charge in [0.1, 0.15) is 18.4 Å². The lowest BCUT2D eigenvalue weighted by Gasteiger charge is -2.23. The van der Waals surface area contributed by atoms with E-state index in [0.717, 1.165) is 5.75 Å². The van der Waals surface area contributed by atoms with E-state index >= 15 is 0 Å². The molecule has 154 valence electrons. The molecule has 8 nitrogen and oxygen atoms in total. The summed E-state index contributed by atoms with van der Waals surface area (Å²) >= 11 is 0. The molecule has 2 rings (SSSR count). The Morgan fingerprint density at radius 2 is 1.96 bits per heavy atom. The van der Waals surface area contributed by atoms with Crippen LogP contribution >= 0.6 is 0 Å². The van der Waals surface area contributed by atoms with Crippen molar-refractivity contribution in [3.05, 3.63) is 30.3 Å². The lowest BCUT2D eigenvalue weighted by atomic mass is 10.0. The number of hydrogen-bond donors (Lipinski definition) is 2. The number of carbonyl (C=O) groups is 3. The van der Waals surface area contributed by atoms with Crippen LogP contribution in [0.3, 0.4) is 0 Å². The number of benzene rings is 1. The molecule has 0 aromatic heterocycles. The second-order valence-corrected chi connectivity index (χ2v) is 7.00. The summed E-state index contributed by atoms with van der Waals surface area (Å²) in [6.45, 7) is 6.86. The Bertz CT molecular complexity index is 665. The van der Waals surface area contributed by atoms with Gasteiger partial charge in [0, 0.05) is 13.0 Å². The SMILES string of the molecule is CCOC(=O)N[C@@H](C(=O)N[C@H]1CC(=O)N(CCOc2ccccc2)C1)C(C)C. The van der Waals surface area contributed by atoms with Crippen LogP contribution in [0.2, 0.25) is 0 Å². The van der Waals surface area contributed by atoms with Gasteiger partial charge >= 0.3 is 6.09 Å². The predicted octanol–water partition coefficient (Wildman–Crippen LogP) is 1.55. The summed E-state index contributed by atoms with van der Waals surface area (Å²) in [4.78, 5) is 38.1. The first kappa shape index (κ1) is 21.5. The van der Waals surface area contributed by atoms with E-state index in [2.05, 4.69) is 10.6 Å². The first-order chi connectivity index (χ1) is 13.4. The number of carbonyl (C=O) groups excluding carboxylic acids is 3. The highest BCUT2D eigenvalue weighted by Crippen LogP contribution is 2.13. The molecule has 1 aromatic rings. The monoisotopic (exact) mass is 391 g/mol. The van der Waals surface area contributed by atoms with Gasteiger partial charge in [0.2, 0.25) is 11.8 Å². The number of ether oxygens (including phenoxy) is 2. The largest absolute Gasteiger partial charge is 0.492 e. The Morgan fingerprint density at radius 1 is 1.25 bits per heavy atom. The Labute approximate surface area is 165 Å². The van der Waals surface area contributed by atoms with Crippen LogP contribution in [0.15, 0.2) is 30.3 Å². The van der Waals surface area contributed by atoms with E-state index < -0.39 is 12.1 Å². The second-order valence-electron chi connectivity index (χ2n) is 7.00. The minimum absolute atomic E-state index is 0.0265. The second kappa shape index (κ2) is 10.5. The molecule has 1 aliphatic rings. The van der Waals surface area contributed by atoms with Gasteiger partial charge in [0.25, 0.3) is 0 Å². The highest BCUT2D eigenvalue weighted by atomic mass is 16.5. The molecule has 1 aliphatic heterocycles. The average molecular weight is 391 g/mol. The molecule has 0 spiro atoms. The normalized spacial score (nSPS) is 17.4. The Balaban J connectivity index is 1.81. The Morgan fingerprint density at radius 3 is 2.61 bits per heavy atom. The Hall–Kier alpha value is -2.77. The van der Waals surface area contributed by atoms with Crippen LogP contribution in [0, 0.1) is 5.92 Å². The van der Waals surface area contributed by atoms with Gasteiger partial charge in [-0.25, -0.2) is 4.79 Å². The average Bonchev–Trinajstić information content (AvgIpc) is 2.99. The quantitative estimate of drug-likeness (QED) is 0.666. The number of para-hydroxylation sites is 1. The van der Waals surface area contributed by atoms with Gasteiger partial charge in [-0.2, -0.15) is 0 Å². The summed E-state index contributed by atoms with van der Waals surface area (Å²) in [6, 6.07) is 8.39. The van der Waals surface area contributed by atoms with Crippen molar-refractivity contribution in [1.29, 1.82) is 0 Å². The molecular formula is C20H29N3O5. The third kappa shape index (κ3) is 6.44. The molecule has 2 N–H and O–H groups in total. The van der Waals surface area contributed by atoms with Crippen molar-refractivity contribution >= 4 is 17.9 Å². The van der Waals surface area contributed by atoms with E-state index in [1.807, 2.05) is 44.2 Å². The van der Waals surface area contributed by atoms with Crippen LogP contribution in [0.1, 0.15) is 27.2 Å². The summed E-state index contributed by atoms with van der Waals surface area (Å²) in [6.07, 6.45) is -0.389. The molecule has 1 heterocycles. The van der Waals surface area contributed by atoms with Crippen LogP contribution in [-0.4, -0.2) is 61.2 Å². The smallest absolute Gasteiger partial charge is 0.407 e. The molecular weight excluding hydrogens is 362 g/mol. The summed E-state index contributed by atoms with van der Waals surface area (Å²) in [7, 11) is 0. The van der Waals surface area contributed by atoms with Gasteiger partial charge in [0.05, 0.1) is 19.2 Å². The van der Waals surface area contributed by atoms with Gasteiger partial charge in [-0.3, -0.25) is 9.59 Å². The number of hydrogen-bond acceptors (Lipinski definition) is 5. The zero-order chi connectivity index (χ0) is 20.5. The lowest BCUT2D eigenvalue weighted by molar-refractivity contribution is -0.128. The molecule has 1 saturated heterocycles. The molecule has 0 unspecified atom stereocenters.